The van der Waals surface area contributed by atoms with Crippen molar-refractivity contribution in [3.05, 3.63) is 104 Å². The molecule has 0 spiro atoms. The largest absolute Gasteiger partial charge is 0.467 e. The molecule has 34 heavy (non-hydrogen) atoms. The molecule has 0 radical (unpaired) electrons. The SMILES string of the molecule is Cc1cc2c(cc1C)-n1c(-c3ccccc3)c3c(=O)n(C)c(=O)n(C)c3c1C(c1ccco1)N2. The van der Waals surface area contributed by atoms with Crippen LogP contribution in [0.1, 0.15) is 28.6 Å². The van der Waals surface area contributed by atoms with Gasteiger partial charge >= 0.3 is 5.69 Å². The second-order valence-corrected chi connectivity index (χ2v) is 8.91. The number of hydrogen-bond donors (Lipinski definition) is 1. The van der Waals surface area contributed by atoms with Crippen LogP contribution in [0, 0.1) is 13.8 Å². The zero-order chi connectivity index (χ0) is 23.7. The number of nitrogens with zero attached hydrogens (tertiary/aromatic N) is 3. The van der Waals surface area contributed by atoms with Crippen molar-refractivity contribution < 1.29 is 4.42 Å². The van der Waals surface area contributed by atoms with Crippen molar-refractivity contribution in [3.63, 3.8) is 0 Å². The van der Waals surface area contributed by atoms with Gasteiger partial charge in [-0.1, -0.05) is 30.3 Å². The number of benzene rings is 2. The summed E-state index contributed by atoms with van der Waals surface area (Å²) in [5.74, 6) is 0.706. The van der Waals surface area contributed by atoms with Crippen LogP contribution < -0.4 is 16.6 Å². The molecule has 0 aliphatic carbocycles. The first-order chi connectivity index (χ1) is 16.4. The molecule has 0 bridgehead atoms. The van der Waals surface area contributed by atoms with E-state index < -0.39 is 0 Å². The summed E-state index contributed by atoms with van der Waals surface area (Å²) < 4.78 is 10.7. The molecular formula is C27H24N4O3. The highest BCUT2D eigenvalue weighted by molar-refractivity contribution is 5.99. The number of anilines is 1. The van der Waals surface area contributed by atoms with Crippen LogP contribution in [0.5, 0.6) is 0 Å². The topological polar surface area (TPSA) is 74.1 Å². The molecule has 1 N–H and O–H groups in total. The van der Waals surface area contributed by atoms with Gasteiger partial charge in [-0.25, -0.2) is 4.79 Å². The predicted molar refractivity (Wildman–Crippen MR) is 133 cm³/mol. The van der Waals surface area contributed by atoms with Gasteiger partial charge in [0, 0.05) is 14.1 Å². The fraction of sp³-hybridized carbons (Fsp3) is 0.185. The van der Waals surface area contributed by atoms with Gasteiger partial charge in [0.2, 0.25) is 0 Å². The molecule has 4 heterocycles. The van der Waals surface area contributed by atoms with Crippen molar-refractivity contribution in [1.82, 2.24) is 13.7 Å². The minimum absolute atomic E-state index is 0.317. The summed E-state index contributed by atoms with van der Waals surface area (Å²) in [5, 5.41) is 4.13. The van der Waals surface area contributed by atoms with Crippen molar-refractivity contribution >= 4 is 16.6 Å². The van der Waals surface area contributed by atoms with Gasteiger partial charge in [0.05, 0.1) is 39.9 Å². The van der Waals surface area contributed by atoms with E-state index in [1.165, 1.54) is 11.6 Å². The minimum atomic E-state index is -0.387. The highest BCUT2D eigenvalue weighted by atomic mass is 16.3. The van der Waals surface area contributed by atoms with Gasteiger partial charge in [0.15, 0.2) is 0 Å². The molecule has 3 aromatic heterocycles. The van der Waals surface area contributed by atoms with Crippen molar-refractivity contribution in [2.75, 3.05) is 5.32 Å². The lowest BCUT2D eigenvalue weighted by Crippen LogP contribution is -2.37. The fourth-order valence-corrected chi connectivity index (χ4v) is 5.07. The summed E-state index contributed by atoms with van der Waals surface area (Å²) in [6.07, 6.45) is 1.64. The summed E-state index contributed by atoms with van der Waals surface area (Å²) in [4.78, 5) is 26.7. The van der Waals surface area contributed by atoms with Crippen LogP contribution in [-0.4, -0.2) is 13.7 Å². The van der Waals surface area contributed by atoms with E-state index in [1.54, 1.807) is 17.9 Å². The number of rotatable bonds is 2. The third kappa shape index (κ3) is 2.64. The quantitative estimate of drug-likeness (QED) is 0.430. The molecule has 1 atom stereocenters. The average molecular weight is 453 g/mol. The zero-order valence-electron chi connectivity index (χ0n) is 19.4. The molecule has 1 aliphatic heterocycles. The number of aryl methyl sites for hydroxylation is 3. The van der Waals surface area contributed by atoms with E-state index in [0.717, 1.165) is 39.5 Å². The van der Waals surface area contributed by atoms with Crippen molar-refractivity contribution in [1.29, 1.82) is 0 Å². The predicted octanol–water partition coefficient (Wildman–Crippen LogP) is 4.42. The van der Waals surface area contributed by atoms with Crippen LogP contribution in [0.15, 0.2) is 74.9 Å². The number of hydrogen-bond acceptors (Lipinski definition) is 4. The number of aromatic nitrogens is 3. The molecule has 5 aromatic rings. The Morgan fingerprint density at radius 2 is 1.65 bits per heavy atom. The highest BCUT2D eigenvalue weighted by Crippen LogP contribution is 2.46. The van der Waals surface area contributed by atoms with Crippen molar-refractivity contribution in [2.45, 2.75) is 19.9 Å². The Kier molecular flexibility index (Phi) is 4.26. The van der Waals surface area contributed by atoms with E-state index in [-0.39, 0.29) is 17.3 Å². The first-order valence-corrected chi connectivity index (χ1v) is 11.2. The zero-order valence-corrected chi connectivity index (χ0v) is 19.4. The third-order valence-corrected chi connectivity index (χ3v) is 6.91. The molecule has 7 nitrogen and oxygen atoms in total. The van der Waals surface area contributed by atoms with Gasteiger partial charge in [0.25, 0.3) is 5.56 Å². The first-order valence-electron chi connectivity index (χ1n) is 11.2. The molecule has 1 unspecified atom stereocenters. The van der Waals surface area contributed by atoms with E-state index in [9.17, 15) is 9.59 Å². The first kappa shape index (κ1) is 20.4. The lowest BCUT2D eigenvalue weighted by molar-refractivity contribution is 0.492. The Balaban J connectivity index is 1.90. The molecule has 7 heteroatoms. The lowest BCUT2D eigenvalue weighted by Gasteiger charge is -2.30. The Morgan fingerprint density at radius 1 is 0.912 bits per heavy atom. The summed E-state index contributed by atoms with van der Waals surface area (Å²) in [6, 6.07) is 17.5. The Hall–Kier alpha value is -4.26. The smallest absolute Gasteiger partial charge is 0.331 e. The number of nitrogens with one attached hydrogen (secondary N) is 1. The van der Waals surface area contributed by atoms with Crippen LogP contribution in [0.25, 0.3) is 27.8 Å². The van der Waals surface area contributed by atoms with Crippen LogP contribution in [0.3, 0.4) is 0 Å². The van der Waals surface area contributed by atoms with Crippen molar-refractivity contribution in [3.8, 4) is 16.9 Å². The van der Waals surface area contributed by atoms with E-state index >= 15 is 0 Å². The van der Waals surface area contributed by atoms with Gasteiger partial charge in [-0.3, -0.25) is 13.9 Å². The normalized spacial score (nSPS) is 14.6. The van der Waals surface area contributed by atoms with Gasteiger partial charge in [-0.2, -0.15) is 0 Å². The van der Waals surface area contributed by atoms with E-state index in [1.807, 2.05) is 42.5 Å². The number of fused-ring (bicyclic) bond motifs is 5. The molecule has 2 aromatic carbocycles. The van der Waals surface area contributed by atoms with Gasteiger partial charge in [-0.05, 0) is 54.8 Å². The monoisotopic (exact) mass is 452 g/mol. The van der Waals surface area contributed by atoms with Crippen molar-refractivity contribution in [2.24, 2.45) is 14.1 Å². The van der Waals surface area contributed by atoms with Gasteiger partial charge in [0.1, 0.15) is 11.8 Å². The lowest BCUT2D eigenvalue weighted by atomic mass is 10.0. The summed E-state index contributed by atoms with van der Waals surface area (Å²) in [6.45, 7) is 4.16. The molecule has 6 rings (SSSR count). The molecular weight excluding hydrogens is 428 g/mol. The second kappa shape index (κ2) is 7.12. The summed E-state index contributed by atoms with van der Waals surface area (Å²) in [5.41, 5.74) is 6.57. The van der Waals surface area contributed by atoms with Crippen LogP contribution in [-0.2, 0) is 14.1 Å². The molecule has 0 fully saturated rings. The maximum atomic E-state index is 13.6. The van der Waals surface area contributed by atoms with E-state index in [0.29, 0.717) is 16.7 Å². The van der Waals surface area contributed by atoms with E-state index in [2.05, 4.69) is 35.9 Å². The highest BCUT2D eigenvalue weighted by Gasteiger charge is 2.36. The molecule has 170 valence electrons. The molecule has 0 saturated heterocycles. The van der Waals surface area contributed by atoms with E-state index in [4.69, 9.17) is 4.42 Å². The Morgan fingerprint density at radius 3 is 2.35 bits per heavy atom. The fourth-order valence-electron chi connectivity index (χ4n) is 5.07. The average Bonchev–Trinajstić information content (AvgIpc) is 3.49. The molecule has 0 saturated carbocycles. The second-order valence-electron chi connectivity index (χ2n) is 8.91. The molecule has 1 aliphatic rings. The van der Waals surface area contributed by atoms with Crippen LogP contribution in [0.2, 0.25) is 0 Å². The maximum absolute atomic E-state index is 13.6. The van der Waals surface area contributed by atoms with Crippen LogP contribution in [0.4, 0.5) is 5.69 Å². The Bertz CT molecular complexity index is 1700. The summed E-state index contributed by atoms with van der Waals surface area (Å²) >= 11 is 0. The van der Waals surface area contributed by atoms with Gasteiger partial charge in [-0.15, -0.1) is 0 Å². The third-order valence-electron chi connectivity index (χ3n) is 6.91. The standard InChI is InChI=1S/C27H24N4O3/c1-15-13-18-19(14-16(15)2)31-23(17-9-6-5-7-10-17)21-24(29(3)27(33)30(4)26(21)32)25(31)22(28-18)20-11-8-12-34-20/h5-14,22,28H,1-4H3. The summed E-state index contributed by atoms with van der Waals surface area (Å²) in [7, 11) is 3.24. The van der Waals surface area contributed by atoms with Crippen LogP contribution >= 0.6 is 0 Å². The molecule has 0 amide bonds. The Labute approximate surface area is 195 Å². The van der Waals surface area contributed by atoms with Gasteiger partial charge < -0.3 is 14.3 Å². The number of furan rings is 1. The maximum Gasteiger partial charge on any atom is 0.331 e. The minimum Gasteiger partial charge on any atom is -0.467 e.